The van der Waals surface area contributed by atoms with Crippen LogP contribution < -0.4 is 20.1 Å². The first-order valence-electron chi connectivity index (χ1n) is 11.3. The fourth-order valence-corrected chi connectivity index (χ4v) is 4.09. The third-order valence-electron chi connectivity index (χ3n) is 5.98. The molecule has 5 rings (SSSR count). The molecule has 0 saturated carbocycles. The van der Waals surface area contributed by atoms with E-state index in [-0.39, 0.29) is 5.57 Å². The minimum Gasteiger partial charge on any atom is -0.488 e. The number of hydrogen-bond donors (Lipinski definition) is 1. The van der Waals surface area contributed by atoms with Gasteiger partial charge in [-0.2, -0.15) is 0 Å². The lowest BCUT2D eigenvalue weighted by atomic mass is 10.1. The third kappa shape index (κ3) is 4.46. The van der Waals surface area contributed by atoms with E-state index in [9.17, 15) is 9.59 Å². The molecule has 0 spiro atoms. The molecule has 1 fully saturated rings. The highest BCUT2D eigenvalue weighted by molar-refractivity contribution is 6.31. The molecule has 0 unspecified atom stereocenters. The zero-order valence-electron chi connectivity index (χ0n) is 19.6. The van der Waals surface area contributed by atoms with Crippen LogP contribution in [0.4, 0.5) is 11.4 Å². The van der Waals surface area contributed by atoms with Crippen LogP contribution in [0, 0.1) is 0 Å². The van der Waals surface area contributed by atoms with Gasteiger partial charge in [-0.3, -0.25) is 15.0 Å². The largest absolute Gasteiger partial charge is 0.488 e. The number of nitrogens with one attached hydrogen (secondary N) is 1. The van der Waals surface area contributed by atoms with Gasteiger partial charge >= 0.3 is 0 Å². The summed E-state index contributed by atoms with van der Waals surface area (Å²) in [5, 5.41) is 3.54. The first kappa shape index (κ1) is 22.2. The van der Waals surface area contributed by atoms with Crippen molar-refractivity contribution in [3.05, 3.63) is 108 Å². The molecule has 2 amide bonds. The number of benzene rings is 4. The molecule has 1 heterocycles. The fourth-order valence-electron chi connectivity index (χ4n) is 4.09. The zero-order chi connectivity index (χ0) is 24.4. The molecule has 6 heteroatoms. The minimum absolute atomic E-state index is 0.0569. The topological polar surface area (TPSA) is 61.9 Å². The number of carbonyl (C=O) groups excluding carboxylic acids is 2. The van der Waals surface area contributed by atoms with Gasteiger partial charge in [0.05, 0.1) is 5.69 Å². The summed E-state index contributed by atoms with van der Waals surface area (Å²) in [5.41, 5.74) is 5.97. The number of hydrogen-bond acceptors (Lipinski definition) is 4. The van der Waals surface area contributed by atoms with Gasteiger partial charge in [0.2, 0.25) is 0 Å². The Hall–Kier alpha value is -4.58. The Morgan fingerprint density at radius 2 is 1.63 bits per heavy atom. The smallest absolute Gasteiger partial charge is 0.282 e. The van der Waals surface area contributed by atoms with Crippen molar-refractivity contribution in [2.24, 2.45) is 0 Å². The van der Waals surface area contributed by atoms with Crippen molar-refractivity contribution >= 4 is 40.0 Å². The number of para-hydroxylation sites is 1. The van der Waals surface area contributed by atoms with Gasteiger partial charge in [0.25, 0.3) is 11.8 Å². The van der Waals surface area contributed by atoms with Crippen LogP contribution in [0.5, 0.6) is 5.75 Å². The van der Waals surface area contributed by atoms with Crippen molar-refractivity contribution in [3.8, 4) is 5.75 Å². The van der Waals surface area contributed by atoms with Crippen LogP contribution in [0.1, 0.15) is 11.1 Å². The number of nitrogens with zero attached hydrogens (tertiary/aromatic N) is 2. The molecule has 4 aromatic carbocycles. The fraction of sp³-hybridized carbons (Fsp3) is 0.103. The van der Waals surface area contributed by atoms with Crippen LogP contribution in [-0.4, -0.2) is 25.9 Å². The number of anilines is 2. The van der Waals surface area contributed by atoms with Crippen LogP contribution >= 0.6 is 0 Å². The molecule has 1 aliphatic heterocycles. The molecule has 1 aliphatic rings. The Balaban J connectivity index is 1.48. The second-order valence-electron chi connectivity index (χ2n) is 8.52. The van der Waals surface area contributed by atoms with Gasteiger partial charge in [-0.1, -0.05) is 60.7 Å². The molecule has 1 saturated heterocycles. The molecule has 4 aromatic rings. The average Bonchev–Trinajstić information content (AvgIpc) is 3.16. The number of hydrazine groups is 1. The van der Waals surface area contributed by atoms with Crippen LogP contribution in [0.3, 0.4) is 0 Å². The number of rotatable bonds is 6. The maximum atomic E-state index is 13.1. The predicted molar refractivity (Wildman–Crippen MR) is 139 cm³/mol. The molecule has 0 aromatic heterocycles. The first-order valence-corrected chi connectivity index (χ1v) is 11.3. The van der Waals surface area contributed by atoms with Gasteiger partial charge in [0, 0.05) is 31.4 Å². The quantitative estimate of drug-likeness (QED) is 0.325. The second-order valence-corrected chi connectivity index (χ2v) is 8.52. The highest BCUT2D eigenvalue weighted by Gasteiger charge is 2.34. The lowest BCUT2D eigenvalue weighted by molar-refractivity contribution is -0.117. The van der Waals surface area contributed by atoms with Crippen molar-refractivity contribution in [1.82, 2.24) is 5.43 Å². The summed E-state index contributed by atoms with van der Waals surface area (Å²) in [6.07, 6.45) is 1.60. The lowest BCUT2D eigenvalue weighted by Crippen LogP contribution is -2.35. The minimum atomic E-state index is -0.449. The summed E-state index contributed by atoms with van der Waals surface area (Å²) in [5.74, 6) is -0.260. The third-order valence-corrected chi connectivity index (χ3v) is 5.98. The molecular weight excluding hydrogens is 438 g/mol. The highest BCUT2D eigenvalue weighted by atomic mass is 16.5. The van der Waals surface area contributed by atoms with Gasteiger partial charge in [-0.15, -0.1) is 0 Å². The van der Waals surface area contributed by atoms with Crippen LogP contribution in [-0.2, 0) is 16.2 Å². The van der Waals surface area contributed by atoms with Gasteiger partial charge in [0.1, 0.15) is 17.9 Å². The standard InChI is InChI=1S/C29H25N3O3/c1-31(2)24-16-15-21(17-26-28(33)30-32(29(26)34)23-12-4-3-5-13-23)27(18-24)35-19-22-11-8-10-20-9-6-7-14-25(20)22/h3-18H,19H2,1-2H3,(H,30,33). The van der Waals surface area contributed by atoms with E-state index >= 15 is 0 Å². The summed E-state index contributed by atoms with van der Waals surface area (Å²) in [7, 11) is 3.90. The zero-order valence-corrected chi connectivity index (χ0v) is 19.6. The Morgan fingerprint density at radius 1 is 0.886 bits per heavy atom. The van der Waals surface area contributed by atoms with E-state index in [2.05, 4.69) is 23.6 Å². The molecule has 174 valence electrons. The van der Waals surface area contributed by atoms with E-state index in [1.54, 1.807) is 18.2 Å². The molecule has 0 radical (unpaired) electrons. The van der Waals surface area contributed by atoms with Crippen LogP contribution in [0.25, 0.3) is 16.8 Å². The van der Waals surface area contributed by atoms with E-state index in [1.807, 2.05) is 79.7 Å². The molecule has 0 aliphatic carbocycles. The van der Waals surface area contributed by atoms with Crippen LogP contribution in [0.2, 0.25) is 0 Å². The molecule has 6 nitrogen and oxygen atoms in total. The SMILES string of the molecule is CN(C)c1ccc(C=C2C(=O)NN(c3ccccc3)C2=O)c(OCc2cccc3ccccc23)c1. The predicted octanol–water partition coefficient (Wildman–Crippen LogP) is 4.95. The van der Waals surface area contributed by atoms with Crippen molar-refractivity contribution in [1.29, 1.82) is 0 Å². The summed E-state index contributed by atoms with van der Waals surface area (Å²) < 4.78 is 6.29. The van der Waals surface area contributed by atoms with E-state index < -0.39 is 11.8 Å². The van der Waals surface area contributed by atoms with E-state index in [4.69, 9.17) is 4.74 Å². The van der Waals surface area contributed by atoms with Gasteiger partial charge in [0.15, 0.2) is 0 Å². The van der Waals surface area contributed by atoms with Crippen LogP contribution in [0.15, 0.2) is 96.6 Å². The number of ether oxygens (including phenoxy) is 1. The average molecular weight is 464 g/mol. The summed E-state index contributed by atoms with van der Waals surface area (Å²) in [6.45, 7) is 0.352. The number of fused-ring (bicyclic) bond motifs is 1. The molecule has 0 bridgehead atoms. The Bertz CT molecular complexity index is 1440. The van der Waals surface area contributed by atoms with Crippen molar-refractivity contribution < 1.29 is 14.3 Å². The molecule has 35 heavy (non-hydrogen) atoms. The van der Waals surface area contributed by atoms with E-state index in [1.165, 1.54) is 5.01 Å². The Morgan fingerprint density at radius 3 is 2.43 bits per heavy atom. The monoisotopic (exact) mass is 463 g/mol. The van der Waals surface area contributed by atoms with Crippen molar-refractivity contribution in [2.45, 2.75) is 6.61 Å². The van der Waals surface area contributed by atoms with E-state index in [0.717, 1.165) is 22.0 Å². The summed E-state index contributed by atoms with van der Waals surface area (Å²) in [4.78, 5) is 27.7. The molecular formula is C29H25N3O3. The number of carbonyl (C=O) groups is 2. The lowest BCUT2D eigenvalue weighted by Gasteiger charge is -2.17. The van der Waals surface area contributed by atoms with Crippen molar-refractivity contribution in [3.63, 3.8) is 0 Å². The van der Waals surface area contributed by atoms with Gasteiger partial charge in [-0.05, 0) is 46.7 Å². The van der Waals surface area contributed by atoms with Gasteiger partial charge in [-0.25, -0.2) is 5.01 Å². The van der Waals surface area contributed by atoms with Gasteiger partial charge < -0.3 is 9.64 Å². The maximum absolute atomic E-state index is 13.1. The number of amides is 2. The highest BCUT2D eigenvalue weighted by Crippen LogP contribution is 2.30. The molecule has 0 atom stereocenters. The van der Waals surface area contributed by atoms with E-state index in [0.29, 0.717) is 23.6 Å². The summed E-state index contributed by atoms with van der Waals surface area (Å²) in [6, 6.07) is 29.1. The molecule has 1 N–H and O–H groups in total. The Labute approximate surface area is 204 Å². The van der Waals surface area contributed by atoms with Crippen molar-refractivity contribution in [2.75, 3.05) is 24.0 Å². The first-order chi connectivity index (χ1) is 17.0. The second kappa shape index (κ2) is 9.35. The summed E-state index contributed by atoms with van der Waals surface area (Å²) >= 11 is 0. The normalized spacial score (nSPS) is 14.5. The maximum Gasteiger partial charge on any atom is 0.282 e. The Kier molecular flexibility index (Phi) is 5.94.